The number of amides is 1. The van der Waals surface area contributed by atoms with Crippen molar-refractivity contribution >= 4 is 18.0 Å². The van der Waals surface area contributed by atoms with Crippen molar-refractivity contribution in [1.82, 2.24) is 5.32 Å². The van der Waals surface area contributed by atoms with Crippen LogP contribution in [0.15, 0.2) is 66.3 Å². The summed E-state index contributed by atoms with van der Waals surface area (Å²) in [6, 6.07) is 15.7. The smallest absolute Gasteiger partial charge is 0.331 e. The molecule has 0 bridgehead atoms. The van der Waals surface area contributed by atoms with Crippen LogP contribution < -0.4 is 5.32 Å². The molecule has 0 aliphatic carbocycles. The van der Waals surface area contributed by atoms with Crippen LogP contribution in [0.4, 0.5) is 0 Å². The largest absolute Gasteiger partial charge is 0.457 e. The Morgan fingerprint density at radius 3 is 2.35 bits per heavy atom. The first kappa shape index (κ1) is 24.1. The van der Waals surface area contributed by atoms with Crippen molar-refractivity contribution in [2.24, 2.45) is 0 Å². The highest BCUT2D eigenvalue weighted by Crippen LogP contribution is 2.15. The van der Waals surface area contributed by atoms with Crippen molar-refractivity contribution in [3.63, 3.8) is 0 Å². The maximum absolute atomic E-state index is 12.8. The summed E-state index contributed by atoms with van der Waals surface area (Å²) in [5.41, 5.74) is 4.23. The van der Waals surface area contributed by atoms with Gasteiger partial charge in [-0.2, -0.15) is 0 Å². The molecular weight excluding hydrogens is 386 g/mol. The Bertz CT molecular complexity index is 946. The standard InChI is InChI=1S/C27H33NO3/c1-20(2)11-12-22-17-23(13-14-25(29)31-27(3,4)5)19-24(18-22)26(30)28-16-15-21-9-7-6-8-10-21/h6-11,13-14,17-19H,12,15-16H2,1-5H3,(H,28,30)/b14-13+. The van der Waals surface area contributed by atoms with Crippen molar-refractivity contribution in [3.05, 3.63) is 88.5 Å². The van der Waals surface area contributed by atoms with Crippen molar-refractivity contribution in [1.29, 1.82) is 0 Å². The molecule has 0 heterocycles. The van der Waals surface area contributed by atoms with E-state index < -0.39 is 11.6 Å². The summed E-state index contributed by atoms with van der Waals surface area (Å²) in [5.74, 6) is -0.530. The number of rotatable bonds is 8. The van der Waals surface area contributed by atoms with Gasteiger partial charge in [0.15, 0.2) is 0 Å². The predicted octanol–water partition coefficient (Wildman–Crippen LogP) is 5.52. The Kier molecular flexibility index (Phi) is 8.80. The number of nitrogens with one attached hydrogen (secondary N) is 1. The van der Waals surface area contributed by atoms with Gasteiger partial charge in [0.1, 0.15) is 5.60 Å². The van der Waals surface area contributed by atoms with Crippen molar-refractivity contribution < 1.29 is 14.3 Å². The van der Waals surface area contributed by atoms with E-state index in [9.17, 15) is 9.59 Å². The van der Waals surface area contributed by atoms with Gasteiger partial charge in [0.2, 0.25) is 0 Å². The molecule has 2 aromatic rings. The molecule has 0 atom stereocenters. The minimum atomic E-state index is -0.545. The van der Waals surface area contributed by atoms with Crippen LogP contribution in [0, 0.1) is 0 Å². The Labute approximate surface area is 186 Å². The summed E-state index contributed by atoms with van der Waals surface area (Å²) in [6.45, 7) is 10.1. The van der Waals surface area contributed by atoms with Crippen LogP contribution in [0.3, 0.4) is 0 Å². The van der Waals surface area contributed by atoms with Gasteiger partial charge >= 0.3 is 5.97 Å². The predicted molar refractivity (Wildman–Crippen MR) is 127 cm³/mol. The Balaban J connectivity index is 2.15. The normalized spacial score (nSPS) is 11.3. The summed E-state index contributed by atoms with van der Waals surface area (Å²) in [6.07, 6.45) is 6.72. The number of allylic oxidation sites excluding steroid dienone is 2. The number of carbonyl (C=O) groups excluding carboxylic acids is 2. The van der Waals surface area contributed by atoms with Crippen LogP contribution in [0.1, 0.15) is 61.7 Å². The Hall–Kier alpha value is -3.14. The molecule has 1 amide bonds. The molecule has 1 N–H and O–H groups in total. The zero-order chi connectivity index (χ0) is 22.9. The van der Waals surface area contributed by atoms with Gasteiger partial charge in [-0.15, -0.1) is 0 Å². The number of esters is 1. The van der Waals surface area contributed by atoms with E-state index in [-0.39, 0.29) is 5.91 Å². The maximum Gasteiger partial charge on any atom is 0.331 e. The summed E-state index contributed by atoms with van der Waals surface area (Å²) >= 11 is 0. The van der Waals surface area contributed by atoms with E-state index in [1.807, 2.05) is 77.1 Å². The molecule has 0 fully saturated rings. The van der Waals surface area contributed by atoms with Crippen LogP contribution in [-0.4, -0.2) is 24.0 Å². The number of hydrogen-bond acceptors (Lipinski definition) is 3. The number of ether oxygens (including phenoxy) is 1. The quantitative estimate of drug-likeness (QED) is 0.348. The molecule has 0 radical (unpaired) electrons. The van der Waals surface area contributed by atoms with Gasteiger partial charge in [0.25, 0.3) is 5.91 Å². The second-order valence-corrected chi connectivity index (χ2v) is 8.81. The molecule has 0 aliphatic rings. The van der Waals surface area contributed by atoms with Gasteiger partial charge in [-0.25, -0.2) is 4.79 Å². The van der Waals surface area contributed by atoms with Crippen LogP contribution in [0.25, 0.3) is 6.08 Å². The van der Waals surface area contributed by atoms with E-state index in [0.29, 0.717) is 12.1 Å². The molecule has 0 saturated carbocycles. The SMILES string of the molecule is CC(C)=CCc1cc(/C=C/C(=O)OC(C)(C)C)cc(C(=O)NCCc2ccccc2)c1. The topological polar surface area (TPSA) is 55.4 Å². The van der Waals surface area contributed by atoms with Crippen LogP contribution in [0.5, 0.6) is 0 Å². The second-order valence-electron chi connectivity index (χ2n) is 8.81. The van der Waals surface area contributed by atoms with E-state index in [1.165, 1.54) is 17.2 Å². The van der Waals surface area contributed by atoms with E-state index in [4.69, 9.17) is 4.74 Å². The molecule has 31 heavy (non-hydrogen) atoms. The number of benzene rings is 2. The molecule has 2 rings (SSSR count). The Morgan fingerprint density at radius 1 is 1.00 bits per heavy atom. The molecule has 0 unspecified atom stereocenters. The molecule has 4 heteroatoms. The van der Waals surface area contributed by atoms with Crippen LogP contribution in [0.2, 0.25) is 0 Å². The summed E-state index contributed by atoms with van der Waals surface area (Å²) in [7, 11) is 0. The van der Waals surface area contributed by atoms with Crippen LogP contribution >= 0.6 is 0 Å². The van der Waals surface area contributed by atoms with Crippen LogP contribution in [-0.2, 0) is 22.4 Å². The summed E-state index contributed by atoms with van der Waals surface area (Å²) < 4.78 is 5.33. The highest BCUT2D eigenvalue weighted by Gasteiger charge is 2.14. The van der Waals surface area contributed by atoms with Gasteiger partial charge in [-0.1, -0.05) is 48.0 Å². The molecule has 0 spiro atoms. The molecule has 2 aromatic carbocycles. The fourth-order valence-electron chi connectivity index (χ4n) is 2.95. The second kappa shape index (κ2) is 11.3. The average Bonchev–Trinajstić information content (AvgIpc) is 2.70. The van der Waals surface area contributed by atoms with Gasteiger partial charge in [-0.05, 0) is 82.4 Å². The molecule has 0 aromatic heterocycles. The molecule has 4 nitrogen and oxygen atoms in total. The average molecular weight is 420 g/mol. The minimum Gasteiger partial charge on any atom is -0.457 e. The zero-order valence-electron chi connectivity index (χ0n) is 19.2. The first-order valence-electron chi connectivity index (χ1n) is 10.6. The van der Waals surface area contributed by atoms with Crippen molar-refractivity contribution in [2.75, 3.05) is 6.54 Å². The fourth-order valence-corrected chi connectivity index (χ4v) is 2.95. The number of carbonyl (C=O) groups is 2. The van der Waals surface area contributed by atoms with Crippen molar-refractivity contribution in [3.8, 4) is 0 Å². The molecule has 164 valence electrons. The lowest BCUT2D eigenvalue weighted by atomic mass is 10.0. The molecule has 0 aliphatic heterocycles. The third-order valence-corrected chi connectivity index (χ3v) is 4.38. The summed E-state index contributed by atoms with van der Waals surface area (Å²) in [5, 5.41) is 2.99. The summed E-state index contributed by atoms with van der Waals surface area (Å²) in [4.78, 5) is 24.8. The molecule has 0 saturated heterocycles. The monoisotopic (exact) mass is 419 g/mol. The minimum absolute atomic E-state index is 0.123. The van der Waals surface area contributed by atoms with E-state index in [2.05, 4.69) is 11.4 Å². The zero-order valence-corrected chi connectivity index (χ0v) is 19.2. The van der Waals surface area contributed by atoms with Crippen molar-refractivity contribution in [2.45, 2.75) is 53.1 Å². The Morgan fingerprint density at radius 2 is 1.71 bits per heavy atom. The van der Waals surface area contributed by atoms with E-state index >= 15 is 0 Å². The molecular formula is C27H33NO3. The van der Waals surface area contributed by atoms with E-state index in [0.717, 1.165) is 24.0 Å². The fraction of sp³-hybridized carbons (Fsp3) is 0.333. The lowest BCUT2D eigenvalue weighted by Crippen LogP contribution is -2.25. The lowest BCUT2D eigenvalue weighted by molar-refractivity contribution is -0.148. The van der Waals surface area contributed by atoms with Gasteiger partial charge in [0.05, 0.1) is 0 Å². The van der Waals surface area contributed by atoms with Gasteiger partial charge in [-0.3, -0.25) is 4.79 Å². The van der Waals surface area contributed by atoms with E-state index in [1.54, 1.807) is 12.1 Å². The highest BCUT2D eigenvalue weighted by atomic mass is 16.6. The highest BCUT2D eigenvalue weighted by molar-refractivity contribution is 5.95. The van der Waals surface area contributed by atoms with Gasteiger partial charge < -0.3 is 10.1 Å². The lowest BCUT2D eigenvalue weighted by Gasteiger charge is -2.17. The maximum atomic E-state index is 12.8. The third kappa shape index (κ3) is 9.47. The number of hydrogen-bond donors (Lipinski definition) is 1. The first-order valence-corrected chi connectivity index (χ1v) is 10.6. The first-order chi connectivity index (χ1) is 14.6. The van der Waals surface area contributed by atoms with Gasteiger partial charge in [0, 0.05) is 18.2 Å². The third-order valence-electron chi connectivity index (χ3n) is 4.38.